The fourth-order valence-corrected chi connectivity index (χ4v) is 9.94. The lowest BCUT2D eigenvalue weighted by molar-refractivity contribution is 0.733. The highest BCUT2D eigenvalue weighted by atomic mass is 32.1. The first kappa shape index (κ1) is 28.8. The Kier molecular flexibility index (Phi) is 6.37. The maximum atomic E-state index is 5.35. The number of anilines is 4. The molecule has 7 aromatic rings. The van der Waals surface area contributed by atoms with Crippen LogP contribution in [0, 0.1) is 0 Å². The van der Waals surface area contributed by atoms with E-state index in [1.807, 2.05) is 11.3 Å². The molecule has 4 atom stereocenters. The summed E-state index contributed by atoms with van der Waals surface area (Å²) < 4.78 is 2.67. The summed E-state index contributed by atoms with van der Waals surface area (Å²) in [6.07, 6.45) is 18.3. The van der Waals surface area contributed by atoms with Gasteiger partial charge in [-0.05, 0) is 64.7 Å². The van der Waals surface area contributed by atoms with Crippen LogP contribution >= 0.6 is 11.3 Å². The summed E-state index contributed by atoms with van der Waals surface area (Å²) in [6.45, 7) is 0. The monoisotopic (exact) mass is 671 g/mol. The molecule has 0 N–H and O–H groups in total. The Morgan fingerprint density at radius 3 is 1.94 bits per heavy atom. The number of fused-ring (bicyclic) bond motifs is 10. The summed E-state index contributed by atoms with van der Waals surface area (Å²) in [5.41, 5.74) is 11.1. The van der Waals surface area contributed by atoms with E-state index >= 15 is 0 Å². The molecule has 0 saturated carbocycles. The second-order valence-corrected chi connectivity index (χ2v) is 14.9. The van der Waals surface area contributed by atoms with Gasteiger partial charge in [0, 0.05) is 43.3 Å². The molecule has 0 saturated heterocycles. The van der Waals surface area contributed by atoms with Gasteiger partial charge < -0.3 is 9.80 Å². The fourth-order valence-electron chi connectivity index (χ4n) is 8.85. The van der Waals surface area contributed by atoms with Gasteiger partial charge in [0.15, 0.2) is 0 Å². The summed E-state index contributed by atoms with van der Waals surface area (Å²) in [4.78, 5) is 10.5. The van der Waals surface area contributed by atoms with E-state index in [4.69, 9.17) is 4.98 Å². The summed E-state index contributed by atoms with van der Waals surface area (Å²) in [7, 11) is 0. The van der Waals surface area contributed by atoms with E-state index in [1.165, 1.54) is 59.5 Å². The summed E-state index contributed by atoms with van der Waals surface area (Å²) in [5, 5.41) is 2.66. The first-order valence-electron chi connectivity index (χ1n) is 17.8. The number of pyridine rings is 1. The molecule has 4 aliphatic rings. The summed E-state index contributed by atoms with van der Waals surface area (Å²) in [5.74, 6) is 1.47. The Morgan fingerprint density at radius 1 is 0.471 bits per heavy atom. The molecule has 2 aromatic heterocycles. The number of aromatic nitrogens is 1. The van der Waals surface area contributed by atoms with Crippen LogP contribution in [-0.2, 0) is 0 Å². The summed E-state index contributed by atoms with van der Waals surface area (Å²) >= 11 is 1.87. The molecular formula is C47H33N3S. The molecule has 4 unspecified atom stereocenters. The van der Waals surface area contributed by atoms with Crippen LogP contribution in [0.25, 0.3) is 42.6 Å². The first-order chi connectivity index (χ1) is 25.3. The molecule has 5 aromatic carbocycles. The van der Waals surface area contributed by atoms with Crippen molar-refractivity contribution in [2.45, 2.75) is 23.9 Å². The Balaban J connectivity index is 1.09. The molecule has 4 heteroatoms. The smallest absolute Gasteiger partial charge is 0.134 e. The normalized spacial score (nSPS) is 20.9. The largest absolute Gasteiger partial charge is 0.332 e. The zero-order valence-electron chi connectivity index (χ0n) is 27.8. The molecule has 2 aliphatic carbocycles. The van der Waals surface area contributed by atoms with Gasteiger partial charge in [0.1, 0.15) is 5.82 Å². The van der Waals surface area contributed by atoms with Crippen LogP contribution in [0.1, 0.15) is 23.0 Å². The van der Waals surface area contributed by atoms with E-state index in [0.29, 0.717) is 0 Å². The average Bonchev–Trinajstić information content (AvgIpc) is 3.86. The Hall–Kier alpha value is -5.97. The Labute approximate surface area is 301 Å². The molecule has 0 spiro atoms. The summed E-state index contributed by atoms with van der Waals surface area (Å²) in [6, 6.07) is 47.0. The van der Waals surface area contributed by atoms with Crippen molar-refractivity contribution >= 4 is 54.4 Å². The lowest BCUT2D eigenvalue weighted by Crippen LogP contribution is -2.31. The zero-order valence-corrected chi connectivity index (χ0v) is 28.6. The third-order valence-electron chi connectivity index (χ3n) is 11.1. The number of hydrogen-bond acceptors (Lipinski definition) is 4. The molecule has 2 aliphatic heterocycles. The van der Waals surface area contributed by atoms with Crippen LogP contribution < -0.4 is 9.80 Å². The van der Waals surface area contributed by atoms with Gasteiger partial charge in [-0.3, -0.25) is 0 Å². The van der Waals surface area contributed by atoms with E-state index in [9.17, 15) is 0 Å². The van der Waals surface area contributed by atoms with Gasteiger partial charge in [-0.2, -0.15) is 0 Å². The second kappa shape index (κ2) is 11.3. The topological polar surface area (TPSA) is 19.4 Å². The van der Waals surface area contributed by atoms with Gasteiger partial charge in [0.05, 0.1) is 29.2 Å². The van der Waals surface area contributed by atoms with E-state index in [1.54, 1.807) is 0 Å². The predicted molar refractivity (Wildman–Crippen MR) is 215 cm³/mol. The molecule has 3 nitrogen and oxygen atoms in total. The van der Waals surface area contributed by atoms with Crippen molar-refractivity contribution in [1.29, 1.82) is 0 Å². The molecule has 0 amide bonds. The molecule has 51 heavy (non-hydrogen) atoms. The number of allylic oxidation sites excluding steroid dienone is 4. The molecule has 0 bridgehead atoms. The van der Waals surface area contributed by atoms with Crippen molar-refractivity contribution in [3.8, 4) is 22.4 Å². The number of thiophene rings is 1. The van der Waals surface area contributed by atoms with Crippen molar-refractivity contribution in [1.82, 2.24) is 4.98 Å². The Bertz CT molecular complexity index is 2640. The van der Waals surface area contributed by atoms with Crippen LogP contribution in [0.5, 0.6) is 0 Å². The SMILES string of the molecule is C1=CC2c3ccc4c(c3N(c3cccc(-c5ccc6sc7ccccc7c6c5)c3)C2C=C1)N(c1cccc(-c2ccccc2)n1)C1C=CC=CC41. The van der Waals surface area contributed by atoms with Crippen LogP contribution in [0.3, 0.4) is 0 Å². The molecule has 0 radical (unpaired) electrons. The highest BCUT2D eigenvalue weighted by Crippen LogP contribution is 2.59. The fraction of sp³-hybridized carbons (Fsp3) is 0.0851. The van der Waals surface area contributed by atoms with Gasteiger partial charge in [-0.25, -0.2) is 4.98 Å². The van der Waals surface area contributed by atoms with Crippen LogP contribution in [0.2, 0.25) is 0 Å². The van der Waals surface area contributed by atoms with Crippen molar-refractivity contribution < 1.29 is 0 Å². The van der Waals surface area contributed by atoms with Crippen molar-refractivity contribution in [3.63, 3.8) is 0 Å². The highest BCUT2D eigenvalue weighted by Gasteiger charge is 2.46. The highest BCUT2D eigenvalue weighted by molar-refractivity contribution is 7.25. The average molecular weight is 672 g/mol. The third-order valence-corrected chi connectivity index (χ3v) is 12.3. The molecule has 242 valence electrons. The minimum absolute atomic E-state index is 0.143. The lowest BCUT2D eigenvalue weighted by atomic mass is 9.88. The molecule has 4 heterocycles. The van der Waals surface area contributed by atoms with Crippen molar-refractivity contribution in [2.24, 2.45) is 0 Å². The maximum Gasteiger partial charge on any atom is 0.134 e. The number of rotatable bonds is 4. The molecular weight excluding hydrogens is 639 g/mol. The van der Waals surface area contributed by atoms with Gasteiger partial charge in [0.2, 0.25) is 0 Å². The molecule has 0 fully saturated rings. The van der Waals surface area contributed by atoms with Crippen LogP contribution in [0.4, 0.5) is 22.9 Å². The van der Waals surface area contributed by atoms with Gasteiger partial charge in [-0.1, -0.05) is 134 Å². The van der Waals surface area contributed by atoms with Crippen LogP contribution in [0.15, 0.2) is 176 Å². The van der Waals surface area contributed by atoms with Crippen molar-refractivity contribution in [3.05, 3.63) is 187 Å². The minimum atomic E-state index is 0.143. The van der Waals surface area contributed by atoms with E-state index < -0.39 is 0 Å². The Morgan fingerprint density at radius 2 is 1.12 bits per heavy atom. The zero-order chi connectivity index (χ0) is 33.5. The van der Waals surface area contributed by atoms with E-state index in [0.717, 1.165) is 17.1 Å². The van der Waals surface area contributed by atoms with Gasteiger partial charge in [0.25, 0.3) is 0 Å². The lowest BCUT2D eigenvalue weighted by Gasteiger charge is -2.33. The quantitative estimate of drug-likeness (QED) is 0.186. The van der Waals surface area contributed by atoms with Gasteiger partial charge in [-0.15, -0.1) is 11.3 Å². The first-order valence-corrected chi connectivity index (χ1v) is 18.6. The van der Waals surface area contributed by atoms with Crippen LogP contribution in [-0.4, -0.2) is 17.1 Å². The number of hydrogen-bond donors (Lipinski definition) is 0. The maximum absolute atomic E-state index is 5.35. The standard InChI is InChI=1S/C47H33N3S/c1-2-12-30(13-3-1)40-19-11-23-45(48-40)50-42-21-8-5-17-35(42)38-26-25-37-34-16-4-7-20-41(34)49(46(37)47(38)50)33-15-10-14-31(28-33)32-24-27-44-39(29-32)36-18-6-9-22-43(36)51-44/h1-29,34-35,41-42H. The minimum Gasteiger partial charge on any atom is -0.332 e. The second-order valence-electron chi connectivity index (χ2n) is 13.9. The predicted octanol–water partition coefficient (Wildman–Crippen LogP) is 12.2. The van der Waals surface area contributed by atoms with Gasteiger partial charge >= 0.3 is 0 Å². The molecule has 11 rings (SSSR count). The number of nitrogens with zero attached hydrogens (tertiary/aromatic N) is 3. The number of benzene rings is 5. The van der Waals surface area contributed by atoms with E-state index in [-0.39, 0.29) is 23.9 Å². The van der Waals surface area contributed by atoms with Crippen molar-refractivity contribution in [2.75, 3.05) is 9.80 Å². The van der Waals surface area contributed by atoms with E-state index in [2.05, 4.69) is 186 Å². The third kappa shape index (κ3) is 4.40.